The Kier molecular flexibility index (Phi) is 2.91. The minimum Gasteiger partial charge on any atom is -0.354 e. The highest BCUT2D eigenvalue weighted by molar-refractivity contribution is 7.80. The maximum absolute atomic E-state index is 5.95. The first-order valence-electron chi connectivity index (χ1n) is 5.04. The molecule has 1 aromatic carbocycles. The van der Waals surface area contributed by atoms with E-state index in [-0.39, 0.29) is 5.54 Å². The maximum atomic E-state index is 5.95. The van der Waals surface area contributed by atoms with Crippen molar-refractivity contribution in [2.24, 2.45) is 0 Å². The number of benzene rings is 1. The zero-order valence-electron chi connectivity index (χ0n) is 9.20. The fourth-order valence-electron chi connectivity index (χ4n) is 1.54. The average molecular weight is 253 g/mol. The first-order valence-corrected chi connectivity index (χ1v) is 5.83. The zero-order valence-corrected chi connectivity index (χ0v) is 10.8. The van der Waals surface area contributed by atoms with Gasteiger partial charge in [-0.1, -0.05) is 17.7 Å². The van der Waals surface area contributed by atoms with Gasteiger partial charge in [0.15, 0.2) is 5.11 Å². The van der Waals surface area contributed by atoms with E-state index >= 15 is 0 Å². The van der Waals surface area contributed by atoms with Gasteiger partial charge in [0.25, 0.3) is 0 Å². The molecule has 0 saturated heterocycles. The van der Waals surface area contributed by atoms with E-state index in [1.54, 1.807) is 0 Å². The van der Waals surface area contributed by atoms with E-state index in [0.717, 1.165) is 5.69 Å². The Hall–Kier alpha value is -1.06. The molecule has 0 aliphatic carbocycles. The second-order valence-corrected chi connectivity index (χ2v) is 5.14. The lowest BCUT2D eigenvalue weighted by Gasteiger charge is -2.34. The van der Waals surface area contributed by atoms with Crippen molar-refractivity contribution in [2.45, 2.75) is 19.4 Å². The molecule has 2 nitrogen and oxygen atoms in total. The molecule has 0 saturated carbocycles. The van der Waals surface area contributed by atoms with Crippen LogP contribution in [0.1, 0.15) is 13.8 Å². The van der Waals surface area contributed by atoms with Crippen LogP contribution < -0.4 is 10.2 Å². The van der Waals surface area contributed by atoms with Gasteiger partial charge in [-0.2, -0.15) is 0 Å². The summed E-state index contributed by atoms with van der Waals surface area (Å²) in [6, 6.07) is 7.62. The second-order valence-electron chi connectivity index (χ2n) is 4.32. The summed E-state index contributed by atoms with van der Waals surface area (Å²) >= 11 is 11.3. The van der Waals surface area contributed by atoms with Gasteiger partial charge >= 0.3 is 0 Å². The van der Waals surface area contributed by atoms with Crippen LogP contribution in [0.5, 0.6) is 0 Å². The quantitative estimate of drug-likeness (QED) is 0.772. The number of nitrogens with one attached hydrogen (secondary N) is 1. The molecule has 0 spiro atoms. The van der Waals surface area contributed by atoms with Crippen LogP contribution >= 0.6 is 23.8 Å². The van der Waals surface area contributed by atoms with Crippen molar-refractivity contribution in [1.82, 2.24) is 5.32 Å². The van der Waals surface area contributed by atoms with E-state index in [2.05, 4.69) is 25.2 Å². The molecule has 1 heterocycles. The van der Waals surface area contributed by atoms with E-state index in [1.165, 1.54) is 0 Å². The number of rotatable bonds is 1. The topological polar surface area (TPSA) is 15.3 Å². The summed E-state index contributed by atoms with van der Waals surface area (Å²) in [4.78, 5) is 1.91. The summed E-state index contributed by atoms with van der Waals surface area (Å²) in [5, 5.41) is 4.65. The third-order valence-corrected chi connectivity index (χ3v) is 2.91. The highest BCUT2D eigenvalue weighted by atomic mass is 35.5. The van der Waals surface area contributed by atoms with Gasteiger partial charge in [0.1, 0.15) is 0 Å². The molecule has 1 N–H and O–H groups in total. The van der Waals surface area contributed by atoms with Gasteiger partial charge in [0.05, 0.1) is 5.54 Å². The van der Waals surface area contributed by atoms with Crippen LogP contribution in [0, 0.1) is 0 Å². The van der Waals surface area contributed by atoms with Crippen LogP contribution in [-0.4, -0.2) is 10.7 Å². The molecule has 0 atom stereocenters. The third kappa shape index (κ3) is 2.36. The number of nitrogens with zero attached hydrogens (tertiary/aromatic N) is 1. The monoisotopic (exact) mass is 252 g/mol. The molecule has 0 amide bonds. The van der Waals surface area contributed by atoms with Gasteiger partial charge in [-0.3, -0.25) is 4.90 Å². The Labute approximate surface area is 106 Å². The van der Waals surface area contributed by atoms with Crippen LogP contribution in [0.15, 0.2) is 36.5 Å². The van der Waals surface area contributed by atoms with Gasteiger partial charge in [0.2, 0.25) is 0 Å². The SMILES string of the molecule is CC1(C)C=CN(c2cccc(Cl)c2)C(=S)N1. The molecule has 1 aliphatic rings. The van der Waals surface area contributed by atoms with Crippen molar-refractivity contribution in [3.8, 4) is 0 Å². The lowest BCUT2D eigenvalue weighted by atomic mass is 10.0. The van der Waals surface area contributed by atoms with E-state index in [1.807, 2.05) is 35.4 Å². The molecule has 1 aromatic rings. The van der Waals surface area contributed by atoms with Gasteiger partial charge in [-0.05, 0) is 50.3 Å². The van der Waals surface area contributed by atoms with Crippen LogP contribution in [0.2, 0.25) is 5.02 Å². The highest BCUT2D eigenvalue weighted by Gasteiger charge is 2.23. The third-order valence-electron chi connectivity index (χ3n) is 2.37. The molecule has 2 rings (SSSR count). The molecule has 0 radical (unpaired) electrons. The summed E-state index contributed by atoms with van der Waals surface area (Å²) in [5.74, 6) is 0. The fraction of sp³-hybridized carbons (Fsp3) is 0.250. The Morgan fingerprint density at radius 1 is 1.38 bits per heavy atom. The molecule has 0 aromatic heterocycles. The Balaban J connectivity index is 2.33. The van der Waals surface area contributed by atoms with Crippen LogP contribution in [0.4, 0.5) is 5.69 Å². The smallest absolute Gasteiger partial charge is 0.178 e. The van der Waals surface area contributed by atoms with Crippen molar-refractivity contribution < 1.29 is 0 Å². The van der Waals surface area contributed by atoms with Crippen molar-refractivity contribution in [1.29, 1.82) is 0 Å². The molecule has 0 fully saturated rings. The van der Waals surface area contributed by atoms with Crippen molar-refractivity contribution in [3.05, 3.63) is 41.6 Å². The van der Waals surface area contributed by atoms with E-state index < -0.39 is 0 Å². The van der Waals surface area contributed by atoms with Crippen molar-refractivity contribution in [3.63, 3.8) is 0 Å². The molecular weight excluding hydrogens is 240 g/mol. The van der Waals surface area contributed by atoms with Gasteiger partial charge in [-0.25, -0.2) is 0 Å². The second kappa shape index (κ2) is 4.07. The predicted molar refractivity (Wildman–Crippen MR) is 72.9 cm³/mol. The van der Waals surface area contributed by atoms with Crippen LogP contribution in [0.25, 0.3) is 0 Å². The molecule has 0 unspecified atom stereocenters. The number of thiocarbonyl (C=S) groups is 1. The normalized spacial score (nSPS) is 18.4. The average Bonchev–Trinajstić information content (AvgIpc) is 2.15. The first-order chi connectivity index (χ1) is 7.48. The van der Waals surface area contributed by atoms with Gasteiger partial charge in [0, 0.05) is 16.9 Å². The fourth-order valence-corrected chi connectivity index (χ4v) is 2.15. The van der Waals surface area contributed by atoms with E-state index in [0.29, 0.717) is 10.1 Å². The van der Waals surface area contributed by atoms with Crippen molar-refractivity contribution >= 4 is 34.6 Å². The van der Waals surface area contributed by atoms with Crippen LogP contribution in [-0.2, 0) is 0 Å². The van der Waals surface area contributed by atoms with Crippen LogP contribution in [0.3, 0.4) is 0 Å². The lowest BCUT2D eigenvalue weighted by molar-refractivity contribution is 0.566. The summed E-state index contributed by atoms with van der Waals surface area (Å²) in [7, 11) is 0. The molecular formula is C12H13ClN2S. The first kappa shape index (κ1) is 11.4. The Morgan fingerprint density at radius 2 is 2.12 bits per heavy atom. The molecule has 84 valence electrons. The molecule has 1 aliphatic heterocycles. The number of halogens is 1. The zero-order chi connectivity index (χ0) is 11.8. The molecule has 4 heteroatoms. The molecule has 16 heavy (non-hydrogen) atoms. The minimum absolute atomic E-state index is 0.0911. The lowest BCUT2D eigenvalue weighted by Crippen LogP contribution is -2.51. The van der Waals surface area contributed by atoms with Crippen molar-refractivity contribution in [2.75, 3.05) is 4.90 Å². The standard InChI is InChI=1S/C12H13ClN2S/c1-12(2)6-7-15(11(16)14-12)10-5-3-4-9(13)8-10/h3-8H,1-2H3,(H,14,16). The predicted octanol–water partition coefficient (Wildman–Crippen LogP) is 3.33. The summed E-state index contributed by atoms with van der Waals surface area (Å²) < 4.78 is 0. The number of hydrogen-bond acceptors (Lipinski definition) is 1. The Bertz CT molecular complexity index is 454. The summed E-state index contributed by atoms with van der Waals surface area (Å²) in [6.07, 6.45) is 4.05. The Morgan fingerprint density at radius 3 is 2.75 bits per heavy atom. The van der Waals surface area contributed by atoms with Gasteiger partial charge in [-0.15, -0.1) is 0 Å². The van der Waals surface area contributed by atoms with E-state index in [9.17, 15) is 0 Å². The van der Waals surface area contributed by atoms with E-state index in [4.69, 9.17) is 23.8 Å². The molecule has 0 bridgehead atoms. The number of hydrogen-bond donors (Lipinski definition) is 1. The highest BCUT2D eigenvalue weighted by Crippen LogP contribution is 2.23. The summed E-state index contributed by atoms with van der Waals surface area (Å²) in [6.45, 7) is 4.15. The summed E-state index contributed by atoms with van der Waals surface area (Å²) in [5.41, 5.74) is 0.878. The maximum Gasteiger partial charge on any atom is 0.178 e. The number of anilines is 1. The largest absolute Gasteiger partial charge is 0.354 e. The van der Waals surface area contributed by atoms with Gasteiger partial charge < -0.3 is 5.32 Å². The minimum atomic E-state index is -0.0911.